The van der Waals surface area contributed by atoms with Crippen LogP contribution in [0.2, 0.25) is 0 Å². The van der Waals surface area contributed by atoms with Crippen molar-refractivity contribution in [3.63, 3.8) is 0 Å². The molecular weight excluding hydrogens is 290 g/mol. The molecule has 7 heteroatoms. The monoisotopic (exact) mass is 307 g/mol. The summed E-state index contributed by atoms with van der Waals surface area (Å²) in [5.74, 6) is 0.361. The highest BCUT2D eigenvalue weighted by Crippen LogP contribution is 2.35. The maximum Gasteiger partial charge on any atom is 0.319 e. The summed E-state index contributed by atoms with van der Waals surface area (Å²) >= 11 is 1.40. The van der Waals surface area contributed by atoms with Gasteiger partial charge in [0.15, 0.2) is 5.52 Å². The molecule has 2 atom stereocenters. The molecule has 1 aliphatic rings. The van der Waals surface area contributed by atoms with Gasteiger partial charge < -0.3 is 10.4 Å². The van der Waals surface area contributed by atoms with Gasteiger partial charge in [0.2, 0.25) is 0 Å². The maximum absolute atomic E-state index is 11.3. The molecule has 2 N–H and O–H groups in total. The zero-order chi connectivity index (χ0) is 14.8. The molecular formula is C14H17N3O3S. The third-order valence-electron chi connectivity index (χ3n) is 3.99. The Hall–Kier alpha value is -1.73. The highest BCUT2D eigenvalue weighted by atomic mass is 32.1. The van der Waals surface area contributed by atoms with Crippen molar-refractivity contribution in [3.8, 4) is 0 Å². The van der Waals surface area contributed by atoms with Crippen LogP contribution in [0.1, 0.15) is 25.7 Å². The number of nitrogens with one attached hydrogen (secondary N) is 1. The van der Waals surface area contributed by atoms with Crippen molar-refractivity contribution in [2.24, 2.45) is 5.92 Å². The second kappa shape index (κ2) is 5.95. The number of nitrogens with zero attached hydrogens (tertiary/aromatic N) is 2. The van der Waals surface area contributed by atoms with Crippen LogP contribution in [0.5, 0.6) is 0 Å². The summed E-state index contributed by atoms with van der Waals surface area (Å²) in [5, 5.41) is 24.2. The fourth-order valence-electron chi connectivity index (χ4n) is 2.95. The Morgan fingerprint density at radius 3 is 3.10 bits per heavy atom. The molecule has 1 saturated carbocycles. The Balaban J connectivity index is 1.80. The van der Waals surface area contributed by atoms with Crippen LogP contribution in [-0.4, -0.2) is 27.7 Å². The lowest BCUT2D eigenvalue weighted by Gasteiger charge is -2.26. The first-order valence-corrected chi connectivity index (χ1v) is 7.95. The molecule has 0 radical (unpaired) electrons. The van der Waals surface area contributed by atoms with Crippen LogP contribution < -0.4 is 5.32 Å². The number of aliphatic hydroxyl groups excluding tert-OH is 1. The first kappa shape index (κ1) is 14.2. The van der Waals surface area contributed by atoms with Gasteiger partial charge >= 0.3 is 5.69 Å². The first-order valence-electron chi connectivity index (χ1n) is 7.07. The summed E-state index contributed by atoms with van der Waals surface area (Å²) in [6, 6.07) is 3.61. The lowest BCUT2D eigenvalue weighted by molar-refractivity contribution is -0.382. The number of nitro groups is 1. The zero-order valence-electron chi connectivity index (χ0n) is 11.5. The van der Waals surface area contributed by atoms with E-state index in [1.54, 1.807) is 11.6 Å². The molecule has 2 aromatic rings. The highest BCUT2D eigenvalue weighted by Gasteiger charge is 2.23. The fourth-order valence-corrected chi connectivity index (χ4v) is 3.63. The van der Waals surface area contributed by atoms with E-state index >= 15 is 0 Å². The van der Waals surface area contributed by atoms with E-state index in [4.69, 9.17) is 0 Å². The lowest BCUT2D eigenvalue weighted by Crippen LogP contribution is -2.25. The Kier molecular flexibility index (Phi) is 4.03. The topological polar surface area (TPSA) is 88.3 Å². The quantitative estimate of drug-likeness (QED) is 0.669. The third kappa shape index (κ3) is 2.98. The molecule has 1 aliphatic carbocycles. The number of hydrogen-bond acceptors (Lipinski definition) is 6. The van der Waals surface area contributed by atoms with Gasteiger partial charge in [-0.1, -0.05) is 6.42 Å². The first-order chi connectivity index (χ1) is 10.1. The van der Waals surface area contributed by atoms with E-state index in [2.05, 4.69) is 10.3 Å². The number of thiazole rings is 1. The number of nitro benzene ring substituents is 1. The summed E-state index contributed by atoms with van der Waals surface area (Å²) in [7, 11) is 0. The predicted molar refractivity (Wildman–Crippen MR) is 82.7 cm³/mol. The molecule has 0 spiro atoms. The number of anilines is 1. The molecule has 1 aromatic heterocycles. The van der Waals surface area contributed by atoms with E-state index in [0.29, 0.717) is 23.7 Å². The summed E-state index contributed by atoms with van der Waals surface area (Å²) < 4.78 is 0.820. The smallest absolute Gasteiger partial charge is 0.319 e. The largest absolute Gasteiger partial charge is 0.393 e. The molecule has 112 valence electrons. The minimum Gasteiger partial charge on any atom is -0.393 e. The Morgan fingerprint density at radius 2 is 2.33 bits per heavy atom. The van der Waals surface area contributed by atoms with E-state index in [9.17, 15) is 15.2 Å². The average Bonchev–Trinajstić information content (AvgIpc) is 2.92. The number of hydrogen-bond donors (Lipinski definition) is 2. The van der Waals surface area contributed by atoms with Gasteiger partial charge in [-0.25, -0.2) is 4.98 Å². The molecule has 1 heterocycles. The van der Waals surface area contributed by atoms with E-state index in [1.165, 1.54) is 11.3 Å². The van der Waals surface area contributed by atoms with Crippen LogP contribution >= 0.6 is 11.3 Å². The maximum atomic E-state index is 11.3. The second-order valence-electron chi connectivity index (χ2n) is 5.49. The number of rotatable bonds is 4. The van der Waals surface area contributed by atoms with Gasteiger partial charge in [-0.05, 0) is 37.3 Å². The van der Waals surface area contributed by atoms with Crippen LogP contribution in [-0.2, 0) is 0 Å². The van der Waals surface area contributed by atoms with Crippen molar-refractivity contribution >= 4 is 32.9 Å². The van der Waals surface area contributed by atoms with Crippen molar-refractivity contribution in [3.05, 3.63) is 27.8 Å². The number of benzene rings is 1. The molecule has 0 bridgehead atoms. The molecule has 6 nitrogen and oxygen atoms in total. The van der Waals surface area contributed by atoms with Crippen molar-refractivity contribution in [1.82, 2.24) is 4.98 Å². The standard InChI is InChI=1S/C14H17N3O3S/c18-10-3-1-2-9(6-10)7-15-11-4-5-12-13(16-8-21-12)14(11)17(19)20/h4-5,8-10,15,18H,1-3,6-7H2. The Morgan fingerprint density at radius 1 is 1.48 bits per heavy atom. The lowest BCUT2D eigenvalue weighted by atomic mass is 9.87. The minimum absolute atomic E-state index is 0.0464. The molecule has 2 unspecified atom stereocenters. The summed E-state index contributed by atoms with van der Waals surface area (Å²) in [6.07, 6.45) is 3.46. The van der Waals surface area contributed by atoms with Gasteiger partial charge in [-0.3, -0.25) is 10.1 Å². The Bertz CT molecular complexity index is 658. The molecule has 1 fully saturated rings. The van der Waals surface area contributed by atoms with Gasteiger partial charge in [-0.15, -0.1) is 11.3 Å². The van der Waals surface area contributed by atoms with Crippen molar-refractivity contribution in [2.75, 3.05) is 11.9 Å². The number of aromatic nitrogens is 1. The number of fused-ring (bicyclic) bond motifs is 1. The van der Waals surface area contributed by atoms with Gasteiger partial charge in [0.25, 0.3) is 0 Å². The van der Waals surface area contributed by atoms with Gasteiger partial charge in [-0.2, -0.15) is 0 Å². The van der Waals surface area contributed by atoms with E-state index in [1.807, 2.05) is 6.07 Å². The molecule has 0 saturated heterocycles. The van der Waals surface area contributed by atoms with E-state index in [0.717, 1.165) is 30.4 Å². The van der Waals surface area contributed by atoms with Crippen molar-refractivity contribution in [2.45, 2.75) is 31.8 Å². The van der Waals surface area contributed by atoms with Crippen LogP contribution in [0.25, 0.3) is 10.2 Å². The molecule has 0 amide bonds. The Labute approximate surface area is 126 Å². The van der Waals surface area contributed by atoms with Crippen molar-refractivity contribution < 1.29 is 10.0 Å². The van der Waals surface area contributed by atoms with Gasteiger partial charge in [0.1, 0.15) is 5.69 Å². The van der Waals surface area contributed by atoms with Crippen LogP contribution in [0.3, 0.4) is 0 Å². The SMILES string of the molecule is O=[N+]([O-])c1c(NCC2CCCC(O)C2)ccc2scnc12. The number of aliphatic hydroxyl groups is 1. The van der Waals surface area contributed by atoms with E-state index < -0.39 is 0 Å². The molecule has 1 aromatic carbocycles. The summed E-state index contributed by atoms with van der Waals surface area (Å²) in [6.45, 7) is 0.646. The molecule has 21 heavy (non-hydrogen) atoms. The van der Waals surface area contributed by atoms with Gasteiger partial charge in [0, 0.05) is 6.54 Å². The normalized spacial score (nSPS) is 22.3. The predicted octanol–water partition coefficient (Wildman–Crippen LogP) is 3.17. The van der Waals surface area contributed by atoms with Crippen molar-refractivity contribution in [1.29, 1.82) is 0 Å². The summed E-state index contributed by atoms with van der Waals surface area (Å²) in [4.78, 5) is 15.1. The minimum atomic E-state index is -0.375. The zero-order valence-corrected chi connectivity index (χ0v) is 12.3. The van der Waals surface area contributed by atoms with E-state index in [-0.39, 0.29) is 16.7 Å². The highest BCUT2D eigenvalue weighted by molar-refractivity contribution is 7.16. The second-order valence-corrected chi connectivity index (χ2v) is 6.37. The van der Waals surface area contributed by atoms with Crippen LogP contribution in [0.15, 0.2) is 17.6 Å². The summed E-state index contributed by atoms with van der Waals surface area (Å²) in [5.41, 5.74) is 2.63. The molecule has 3 rings (SSSR count). The third-order valence-corrected chi connectivity index (χ3v) is 4.79. The van der Waals surface area contributed by atoms with Crippen LogP contribution in [0, 0.1) is 16.0 Å². The molecule has 0 aliphatic heterocycles. The average molecular weight is 307 g/mol. The fraction of sp³-hybridized carbons (Fsp3) is 0.500. The van der Waals surface area contributed by atoms with Crippen LogP contribution in [0.4, 0.5) is 11.4 Å². The van der Waals surface area contributed by atoms with Gasteiger partial charge in [0.05, 0.1) is 21.2 Å².